The lowest BCUT2D eigenvalue weighted by atomic mass is 9.96. The lowest BCUT2D eigenvalue weighted by molar-refractivity contribution is 0.0642. The van der Waals surface area contributed by atoms with Crippen LogP contribution in [-0.4, -0.2) is 45.3 Å². The molecule has 1 aliphatic rings. The van der Waals surface area contributed by atoms with E-state index in [1.54, 1.807) is 12.3 Å². The third-order valence-corrected chi connectivity index (χ3v) is 3.95. The van der Waals surface area contributed by atoms with Crippen molar-refractivity contribution < 1.29 is 9.53 Å². The molecule has 0 radical (unpaired) electrons. The summed E-state index contributed by atoms with van der Waals surface area (Å²) in [6.45, 7) is 4.43. The molecule has 1 unspecified atom stereocenters. The van der Waals surface area contributed by atoms with Crippen molar-refractivity contribution in [1.29, 1.82) is 0 Å². The third kappa shape index (κ3) is 2.74. The van der Waals surface area contributed by atoms with E-state index < -0.39 is 0 Å². The van der Waals surface area contributed by atoms with Crippen LogP contribution in [-0.2, 0) is 18.3 Å². The van der Waals surface area contributed by atoms with Gasteiger partial charge in [-0.25, -0.2) is 0 Å². The number of carbonyl (C=O) groups excluding carboxylic acids is 1. The van der Waals surface area contributed by atoms with Crippen LogP contribution >= 0.6 is 0 Å². The van der Waals surface area contributed by atoms with E-state index in [0.29, 0.717) is 32.0 Å². The lowest BCUT2D eigenvalue weighted by Gasteiger charge is -2.32. The van der Waals surface area contributed by atoms with Crippen molar-refractivity contribution in [2.75, 3.05) is 19.8 Å². The fraction of sp³-hybridized carbons (Fsp3) is 0.438. The summed E-state index contributed by atoms with van der Waals surface area (Å²) >= 11 is 0. The molecule has 116 valence electrons. The molecule has 0 bridgehead atoms. The molecule has 6 nitrogen and oxygen atoms in total. The van der Waals surface area contributed by atoms with Gasteiger partial charge in [0.1, 0.15) is 5.69 Å². The summed E-state index contributed by atoms with van der Waals surface area (Å²) in [7, 11) is 1.94. The molecular formula is C16H20N4O2. The highest BCUT2D eigenvalue weighted by Crippen LogP contribution is 2.28. The zero-order valence-corrected chi connectivity index (χ0v) is 12.9. The normalized spacial score (nSPS) is 17.4. The number of fused-ring (bicyclic) bond motifs is 1. The van der Waals surface area contributed by atoms with Gasteiger partial charge in [0.15, 0.2) is 0 Å². The maximum absolute atomic E-state index is 12.6. The Labute approximate surface area is 129 Å². The smallest absolute Gasteiger partial charge is 0.272 e. The SMILES string of the molecule is CCOCC1CN(C(=O)c2ccccn2)Cc2cnn(C)c21. The van der Waals surface area contributed by atoms with E-state index in [-0.39, 0.29) is 11.8 Å². The monoisotopic (exact) mass is 300 g/mol. The minimum atomic E-state index is -0.0448. The highest BCUT2D eigenvalue weighted by Gasteiger charge is 2.31. The van der Waals surface area contributed by atoms with Gasteiger partial charge in [0.25, 0.3) is 5.91 Å². The third-order valence-electron chi connectivity index (χ3n) is 3.95. The lowest BCUT2D eigenvalue weighted by Crippen LogP contribution is -2.40. The average Bonchev–Trinajstić information content (AvgIpc) is 2.94. The molecule has 1 amide bonds. The summed E-state index contributed by atoms with van der Waals surface area (Å²) in [4.78, 5) is 18.6. The van der Waals surface area contributed by atoms with Crippen molar-refractivity contribution >= 4 is 5.91 Å². The first kappa shape index (κ1) is 14.7. The van der Waals surface area contributed by atoms with Crippen LogP contribution < -0.4 is 0 Å². The van der Waals surface area contributed by atoms with Gasteiger partial charge in [-0.05, 0) is 19.1 Å². The van der Waals surface area contributed by atoms with E-state index in [4.69, 9.17) is 4.74 Å². The summed E-state index contributed by atoms with van der Waals surface area (Å²) in [5.74, 6) is 0.0977. The van der Waals surface area contributed by atoms with Crippen molar-refractivity contribution in [2.45, 2.75) is 19.4 Å². The minimum Gasteiger partial charge on any atom is -0.381 e. The second kappa shape index (κ2) is 6.27. The molecule has 2 aromatic heterocycles. The molecule has 0 spiro atoms. The Morgan fingerprint density at radius 1 is 1.45 bits per heavy atom. The van der Waals surface area contributed by atoms with Gasteiger partial charge in [0.2, 0.25) is 0 Å². The standard InChI is InChI=1S/C16H20N4O2/c1-3-22-11-13-10-20(9-12-8-18-19(2)15(12)13)16(21)14-6-4-5-7-17-14/h4-8,13H,3,9-11H2,1-2H3. The number of carbonyl (C=O) groups is 1. The zero-order chi connectivity index (χ0) is 15.5. The number of aryl methyl sites for hydroxylation is 1. The largest absolute Gasteiger partial charge is 0.381 e. The van der Waals surface area contributed by atoms with Crippen LogP contribution in [0.4, 0.5) is 0 Å². The first-order valence-corrected chi connectivity index (χ1v) is 7.49. The van der Waals surface area contributed by atoms with E-state index >= 15 is 0 Å². The van der Waals surface area contributed by atoms with E-state index in [2.05, 4.69) is 10.1 Å². The van der Waals surface area contributed by atoms with Gasteiger partial charge in [-0.2, -0.15) is 5.10 Å². The van der Waals surface area contributed by atoms with Crippen LogP contribution in [0.3, 0.4) is 0 Å². The van der Waals surface area contributed by atoms with E-state index in [1.807, 2.05) is 41.9 Å². The summed E-state index contributed by atoms with van der Waals surface area (Å²) in [5.41, 5.74) is 2.73. The fourth-order valence-corrected chi connectivity index (χ4v) is 2.96. The van der Waals surface area contributed by atoms with Gasteiger partial charge in [0, 0.05) is 44.4 Å². The first-order chi connectivity index (χ1) is 10.7. The Kier molecular flexibility index (Phi) is 4.20. The Balaban J connectivity index is 1.85. The van der Waals surface area contributed by atoms with Crippen LogP contribution in [0.15, 0.2) is 30.6 Å². The molecule has 0 aliphatic carbocycles. The number of aromatic nitrogens is 3. The number of pyridine rings is 1. The highest BCUT2D eigenvalue weighted by molar-refractivity contribution is 5.92. The van der Waals surface area contributed by atoms with E-state index in [9.17, 15) is 4.79 Å². The number of hydrogen-bond donors (Lipinski definition) is 0. The predicted molar refractivity (Wildman–Crippen MR) is 81.4 cm³/mol. The average molecular weight is 300 g/mol. The van der Waals surface area contributed by atoms with E-state index in [1.165, 1.54) is 5.69 Å². The van der Waals surface area contributed by atoms with E-state index in [0.717, 1.165) is 5.56 Å². The molecule has 0 N–H and O–H groups in total. The maximum atomic E-state index is 12.6. The second-order valence-corrected chi connectivity index (χ2v) is 5.44. The number of ether oxygens (including phenoxy) is 1. The van der Waals surface area contributed by atoms with Crippen LogP contribution in [0.1, 0.15) is 34.6 Å². The molecule has 0 fully saturated rings. The van der Waals surface area contributed by atoms with Gasteiger partial charge in [-0.3, -0.25) is 14.5 Å². The highest BCUT2D eigenvalue weighted by atomic mass is 16.5. The van der Waals surface area contributed by atoms with Crippen LogP contribution in [0.5, 0.6) is 0 Å². The van der Waals surface area contributed by atoms with Gasteiger partial charge in [-0.15, -0.1) is 0 Å². The molecule has 0 aromatic carbocycles. The number of rotatable bonds is 4. The summed E-state index contributed by atoms with van der Waals surface area (Å²) in [6.07, 6.45) is 3.48. The molecule has 3 rings (SSSR count). The quantitative estimate of drug-likeness (QED) is 0.860. The van der Waals surface area contributed by atoms with Crippen molar-refractivity contribution in [1.82, 2.24) is 19.7 Å². The summed E-state index contributed by atoms with van der Waals surface area (Å²) in [5, 5.41) is 4.33. The number of hydrogen-bond acceptors (Lipinski definition) is 4. The minimum absolute atomic E-state index is 0.0448. The molecular weight excluding hydrogens is 280 g/mol. The summed E-state index contributed by atoms with van der Waals surface area (Å²) < 4.78 is 7.48. The molecule has 1 atom stereocenters. The van der Waals surface area contributed by atoms with Crippen molar-refractivity contribution in [2.24, 2.45) is 7.05 Å². The Hall–Kier alpha value is -2.21. The van der Waals surface area contributed by atoms with Crippen molar-refractivity contribution in [3.63, 3.8) is 0 Å². The Morgan fingerprint density at radius 2 is 2.32 bits per heavy atom. The van der Waals surface area contributed by atoms with Crippen LogP contribution in [0.2, 0.25) is 0 Å². The topological polar surface area (TPSA) is 60.2 Å². The van der Waals surface area contributed by atoms with Crippen LogP contribution in [0, 0.1) is 0 Å². The van der Waals surface area contributed by atoms with Gasteiger partial charge in [-0.1, -0.05) is 6.07 Å². The summed E-state index contributed by atoms with van der Waals surface area (Å²) in [6, 6.07) is 5.39. The molecule has 3 heterocycles. The molecule has 22 heavy (non-hydrogen) atoms. The van der Waals surface area contributed by atoms with Crippen molar-refractivity contribution in [3.8, 4) is 0 Å². The maximum Gasteiger partial charge on any atom is 0.272 e. The first-order valence-electron chi connectivity index (χ1n) is 7.49. The number of nitrogens with zero attached hydrogens (tertiary/aromatic N) is 4. The number of amides is 1. The van der Waals surface area contributed by atoms with Crippen molar-refractivity contribution in [3.05, 3.63) is 47.5 Å². The second-order valence-electron chi connectivity index (χ2n) is 5.44. The van der Waals surface area contributed by atoms with Gasteiger partial charge >= 0.3 is 0 Å². The molecule has 0 saturated heterocycles. The zero-order valence-electron chi connectivity index (χ0n) is 12.9. The predicted octanol–water partition coefficient (Wildman–Crippen LogP) is 1.59. The fourth-order valence-electron chi connectivity index (χ4n) is 2.96. The molecule has 2 aromatic rings. The van der Waals surface area contributed by atoms with Gasteiger partial charge in [0.05, 0.1) is 18.5 Å². The molecule has 1 aliphatic heterocycles. The van der Waals surface area contributed by atoms with Crippen LogP contribution in [0.25, 0.3) is 0 Å². The Bertz CT molecular complexity index is 653. The Morgan fingerprint density at radius 3 is 3.05 bits per heavy atom. The molecule has 6 heteroatoms. The van der Waals surface area contributed by atoms with Gasteiger partial charge < -0.3 is 9.64 Å². The molecule has 0 saturated carbocycles.